The molecule has 3 aromatic rings. The Bertz CT molecular complexity index is 1490. The second kappa shape index (κ2) is 13.2. The van der Waals surface area contributed by atoms with Gasteiger partial charge in [0.25, 0.3) is 0 Å². The number of nitrogens with zero attached hydrogens (tertiary/aromatic N) is 3. The van der Waals surface area contributed by atoms with Crippen molar-refractivity contribution in [3.63, 3.8) is 0 Å². The molecule has 0 unspecified atom stereocenters. The predicted octanol–water partition coefficient (Wildman–Crippen LogP) is 7.06. The normalized spacial score (nSPS) is 17.0. The Balaban J connectivity index is 1.29. The van der Waals surface area contributed by atoms with Crippen LogP contribution in [0.25, 0.3) is 5.57 Å². The number of rotatable bonds is 8. The third-order valence-corrected chi connectivity index (χ3v) is 8.42. The number of carbonyl (C=O) groups excluding carboxylic acids is 2. The summed E-state index contributed by atoms with van der Waals surface area (Å²) in [4.78, 5) is 32.9. The molecule has 0 radical (unpaired) electrons. The number of pyridine rings is 1. The second-order valence-corrected chi connectivity index (χ2v) is 12.5. The summed E-state index contributed by atoms with van der Waals surface area (Å²) >= 11 is 6.19. The van der Waals surface area contributed by atoms with Crippen LogP contribution in [0.1, 0.15) is 56.0 Å². The van der Waals surface area contributed by atoms with Crippen molar-refractivity contribution in [2.24, 2.45) is 5.41 Å². The summed E-state index contributed by atoms with van der Waals surface area (Å²) in [7, 11) is 1.35. The van der Waals surface area contributed by atoms with Gasteiger partial charge in [-0.05, 0) is 72.2 Å². The molecule has 1 saturated heterocycles. The Morgan fingerprint density at radius 3 is 2.42 bits per heavy atom. The van der Waals surface area contributed by atoms with E-state index in [2.05, 4.69) is 46.1 Å². The number of hydrogen-bond acceptors (Lipinski definition) is 7. The highest BCUT2D eigenvalue weighted by Gasteiger charge is 2.29. The lowest BCUT2D eigenvalue weighted by molar-refractivity contribution is -0.114. The van der Waals surface area contributed by atoms with Crippen LogP contribution < -0.4 is 15.0 Å². The highest BCUT2D eigenvalue weighted by molar-refractivity contribution is 6.30. The van der Waals surface area contributed by atoms with Gasteiger partial charge in [-0.25, -0.2) is 9.78 Å². The molecule has 8 nitrogen and oxygen atoms in total. The topological polar surface area (TPSA) is 84.0 Å². The Morgan fingerprint density at radius 2 is 1.77 bits per heavy atom. The molecule has 5 rings (SSSR count). The SMILES string of the molecule is COC(=O)c1ccc(N2CCN(CC3=C(c4ccc(Cl)cc4)CC(C)(C)CC3)CC2)cc1Oc1ccc(NC(C)=O)nc1. The van der Waals surface area contributed by atoms with Gasteiger partial charge in [0.15, 0.2) is 0 Å². The first-order valence-corrected chi connectivity index (χ1v) is 15.1. The van der Waals surface area contributed by atoms with Gasteiger partial charge in [0.1, 0.15) is 22.9 Å². The second-order valence-electron chi connectivity index (χ2n) is 12.0. The van der Waals surface area contributed by atoms with Crippen molar-refractivity contribution in [2.75, 3.05) is 50.1 Å². The van der Waals surface area contributed by atoms with Gasteiger partial charge in [-0.3, -0.25) is 9.69 Å². The third kappa shape index (κ3) is 7.75. The number of amides is 1. The van der Waals surface area contributed by atoms with Gasteiger partial charge in [0, 0.05) is 56.4 Å². The highest BCUT2D eigenvalue weighted by Crippen LogP contribution is 2.43. The number of esters is 1. The largest absolute Gasteiger partial charge is 0.465 e. The van der Waals surface area contributed by atoms with Gasteiger partial charge in [0.2, 0.25) is 5.91 Å². The summed E-state index contributed by atoms with van der Waals surface area (Å²) < 4.78 is 11.1. The minimum atomic E-state index is -0.477. The molecule has 0 atom stereocenters. The molecule has 1 fully saturated rings. The average molecular weight is 603 g/mol. The van der Waals surface area contributed by atoms with Gasteiger partial charge in [-0.1, -0.05) is 43.2 Å². The Kier molecular flexibility index (Phi) is 9.37. The molecule has 1 aliphatic heterocycles. The zero-order chi connectivity index (χ0) is 30.6. The first-order chi connectivity index (χ1) is 20.6. The lowest BCUT2D eigenvalue weighted by Gasteiger charge is -2.39. The molecule has 9 heteroatoms. The summed E-state index contributed by atoms with van der Waals surface area (Å²) in [5.41, 5.74) is 5.88. The zero-order valence-corrected chi connectivity index (χ0v) is 26.0. The van der Waals surface area contributed by atoms with Crippen LogP contribution in [0, 0.1) is 5.41 Å². The van der Waals surface area contributed by atoms with E-state index in [0.29, 0.717) is 22.9 Å². The number of methoxy groups -OCH3 is 1. The van der Waals surface area contributed by atoms with Crippen molar-refractivity contribution in [2.45, 2.75) is 40.0 Å². The lowest BCUT2D eigenvalue weighted by atomic mass is 9.72. The molecule has 226 valence electrons. The van der Waals surface area contributed by atoms with Crippen LogP contribution in [-0.2, 0) is 9.53 Å². The summed E-state index contributed by atoms with van der Waals surface area (Å²) in [6, 6.07) is 17.2. The first kappa shape index (κ1) is 30.6. The van der Waals surface area contributed by atoms with Crippen molar-refractivity contribution < 1.29 is 19.1 Å². The Hall–Kier alpha value is -3.88. The van der Waals surface area contributed by atoms with E-state index in [4.69, 9.17) is 21.1 Å². The van der Waals surface area contributed by atoms with Crippen LogP contribution in [0.15, 0.2) is 66.4 Å². The maximum Gasteiger partial charge on any atom is 0.341 e. The molecular weight excluding hydrogens is 564 g/mol. The molecule has 1 aliphatic carbocycles. The van der Waals surface area contributed by atoms with Crippen molar-refractivity contribution in [3.8, 4) is 11.5 Å². The minimum absolute atomic E-state index is 0.205. The van der Waals surface area contributed by atoms with Crippen LogP contribution in [-0.4, -0.2) is 61.6 Å². The van der Waals surface area contributed by atoms with E-state index >= 15 is 0 Å². The monoisotopic (exact) mass is 602 g/mol. The van der Waals surface area contributed by atoms with Gasteiger partial charge in [-0.2, -0.15) is 0 Å². The van der Waals surface area contributed by atoms with E-state index in [1.54, 1.807) is 18.2 Å². The lowest BCUT2D eigenvalue weighted by Crippen LogP contribution is -2.47. The molecule has 0 spiro atoms. The number of nitrogens with one attached hydrogen (secondary N) is 1. The summed E-state index contributed by atoms with van der Waals surface area (Å²) in [5.74, 6) is 0.579. The first-order valence-electron chi connectivity index (χ1n) is 14.7. The van der Waals surface area contributed by atoms with Gasteiger partial charge >= 0.3 is 5.97 Å². The highest BCUT2D eigenvalue weighted by atomic mass is 35.5. The van der Waals surface area contributed by atoms with Crippen molar-refractivity contribution in [3.05, 3.63) is 82.5 Å². The fourth-order valence-corrected chi connectivity index (χ4v) is 5.92. The third-order valence-electron chi connectivity index (χ3n) is 8.17. The summed E-state index contributed by atoms with van der Waals surface area (Å²) in [5, 5.41) is 3.40. The minimum Gasteiger partial charge on any atom is -0.465 e. The number of halogens is 1. The zero-order valence-electron chi connectivity index (χ0n) is 25.3. The summed E-state index contributed by atoms with van der Waals surface area (Å²) in [6.45, 7) is 10.7. The smallest absolute Gasteiger partial charge is 0.341 e. The Labute approximate surface area is 258 Å². The Morgan fingerprint density at radius 1 is 1.02 bits per heavy atom. The number of benzene rings is 2. The fraction of sp³-hybridized carbons (Fsp3) is 0.382. The van der Waals surface area contributed by atoms with Gasteiger partial charge in [0.05, 0.1) is 13.3 Å². The van der Waals surface area contributed by atoms with Crippen molar-refractivity contribution in [1.82, 2.24) is 9.88 Å². The van der Waals surface area contributed by atoms with Crippen molar-refractivity contribution in [1.29, 1.82) is 0 Å². The van der Waals surface area contributed by atoms with E-state index in [9.17, 15) is 9.59 Å². The molecule has 0 bridgehead atoms. The number of hydrogen-bond donors (Lipinski definition) is 1. The number of ether oxygens (including phenoxy) is 2. The fourth-order valence-electron chi connectivity index (χ4n) is 5.79. The van der Waals surface area contributed by atoms with Crippen LogP contribution in [0.3, 0.4) is 0 Å². The number of aromatic nitrogens is 1. The summed E-state index contributed by atoms with van der Waals surface area (Å²) in [6.07, 6.45) is 4.89. The van der Waals surface area contributed by atoms with E-state index in [1.165, 1.54) is 43.4 Å². The van der Waals surface area contributed by atoms with Crippen molar-refractivity contribution >= 4 is 40.6 Å². The quantitative estimate of drug-likeness (QED) is 0.276. The number of carbonyl (C=O) groups is 2. The van der Waals surface area contributed by atoms with Gasteiger partial charge < -0.3 is 19.7 Å². The standard InChI is InChI=1S/C34H39ClN4O4/c1-23(40)37-32-12-10-28(21-36-32)43-31-19-27(9-11-29(31)33(41)42-4)39-17-15-38(16-18-39)22-25-13-14-34(2,3)20-30(25)24-5-7-26(35)8-6-24/h5-12,19,21H,13-18,20,22H2,1-4H3,(H,36,37,40). The van der Waals surface area contributed by atoms with Crippen LogP contribution in [0.4, 0.5) is 11.5 Å². The molecular formula is C34H39ClN4O4. The maximum atomic E-state index is 12.5. The molecule has 1 amide bonds. The molecule has 1 aromatic heterocycles. The average Bonchev–Trinajstić information content (AvgIpc) is 2.99. The molecule has 0 saturated carbocycles. The van der Waals surface area contributed by atoms with Crippen LogP contribution in [0.5, 0.6) is 11.5 Å². The maximum absolute atomic E-state index is 12.5. The number of allylic oxidation sites excluding steroid dienone is 1. The van der Waals surface area contributed by atoms with Crippen LogP contribution in [0.2, 0.25) is 5.02 Å². The number of piperazine rings is 1. The molecule has 2 heterocycles. The van der Waals surface area contributed by atoms with Crippen LogP contribution >= 0.6 is 11.6 Å². The molecule has 2 aliphatic rings. The van der Waals surface area contributed by atoms with E-state index in [1.807, 2.05) is 24.3 Å². The predicted molar refractivity (Wildman–Crippen MR) is 171 cm³/mol. The molecule has 43 heavy (non-hydrogen) atoms. The van der Waals surface area contributed by atoms with E-state index in [0.717, 1.165) is 56.3 Å². The van der Waals surface area contributed by atoms with Gasteiger partial charge in [-0.15, -0.1) is 0 Å². The molecule has 2 aromatic carbocycles. The number of anilines is 2. The van der Waals surface area contributed by atoms with E-state index < -0.39 is 5.97 Å². The van der Waals surface area contributed by atoms with E-state index in [-0.39, 0.29) is 11.3 Å². The molecule has 1 N–H and O–H groups in total.